The van der Waals surface area contributed by atoms with E-state index in [1.54, 1.807) is 19.2 Å². The standard InChI is InChI=1S/C10H14F3N5O/c1-5(2)8-15-3-6(18-14)7(17-8)9(19)16-4-10(11,12)13/h3,5,18H,4,14H2,1-2H3,(H,16,19). The number of nitrogens with zero attached hydrogens (tertiary/aromatic N) is 2. The monoisotopic (exact) mass is 277 g/mol. The predicted molar refractivity (Wildman–Crippen MR) is 62.3 cm³/mol. The van der Waals surface area contributed by atoms with Crippen molar-refractivity contribution in [3.63, 3.8) is 0 Å². The number of halogens is 3. The number of hydrogen-bond donors (Lipinski definition) is 3. The SMILES string of the molecule is CC(C)c1ncc(NN)c(C(=O)NCC(F)(F)F)n1. The topological polar surface area (TPSA) is 92.9 Å². The predicted octanol–water partition coefficient (Wildman–Crippen LogP) is 1.18. The first-order chi connectivity index (χ1) is 8.74. The number of hydrazine groups is 1. The van der Waals surface area contributed by atoms with Crippen LogP contribution in [0.3, 0.4) is 0 Å². The van der Waals surface area contributed by atoms with Crippen molar-refractivity contribution in [3.8, 4) is 0 Å². The summed E-state index contributed by atoms with van der Waals surface area (Å²) in [4.78, 5) is 19.5. The molecule has 19 heavy (non-hydrogen) atoms. The van der Waals surface area contributed by atoms with Crippen LogP contribution in [0.1, 0.15) is 36.1 Å². The fourth-order valence-electron chi connectivity index (χ4n) is 1.22. The summed E-state index contributed by atoms with van der Waals surface area (Å²) >= 11 is 0. The molecule has 0 radical (unpaired) electrons. The highest BCUT2D eigenvalue weighted by atomic mass is 19.4. The van der Waals surface area contributed by atoms with Gasteiger partial charge in [-0.25, -0.2) is 9.97 Å². The minimum absolute atomic E-state index is 0.0593. The van der Waals surface area contributed by atoms with Crippen LogP contribution in [-0.4, -0.2) is 28.6 Å². The third kappa shape index (κ3) is 4.36. The average Bonchev–Trinajstić information content (AvgIpc) is 2.34. The van der Waals surface area contributed by atoms with Crippen molar-refractivity contribution in [2.75, 3.05) is 12.0 Å². The fraction of sp³-hybridized carbons (Fsp3) is 0.500. The second-order valence-corrected chi connectivity index (χ2v) is 4.09. The molecule has 0 spiro atoms. The van der Waals surface area contributed by atoms with Crippen molar-refractivity contribution in [3.05, 3.63) is 17.7 Å². The molecule has 1 amide bonds. The Kier molecular flexibility index (Phi) is 4.65. The highest BCUT2D eigenvalue weighted by Gasteiger charge is 2.28. The Morgan fingerprint density at radius 1 is 1.47 bits per heavy atom. The third-order valence-electron chi connectivity index (χ3n) is 2.14. The van der Waals surface area contributed by atoms with E-state index in [0.717, 1.165) is 0 Å². The second kappa shape index (κ2) is 5.83. The Morgan fingerprint density at radius 3 is 2.58 bits per heavy atom. The molecule has 1 rings (SSSR count). The summed E-state index contributed by atoms with van der Waals surface area (Å²) in [5.41, 5.74) is 2.01. The molecule has 0 aromatic carbocycles. The lowest BCUT2D eigenvalue weighted by atomic mass is 10.2. The summed E-state index contributed by atoms with van der Waals surface area (Å²) in [6.07, 6.45) is -3.23. The first-order valence-corrected chi connectivity index (χ1v) is 5.43. The lowest BCUT2D eigenvalue weighted by Gasteiger charge is -2.12. The van der Waals surface area contributed by atoms with Gasteiger partial charge in [0, 0.05) is 5.92 Å². The molecule has 0 unspecified atom stereocenters. The van der Waals surface area contributed by atoms with E-state index in [4.69, 9.17) is 5.84 Å². The number of nitrogen functional groups attached to an aromatic ring is 1. The maximum atomic E-state index is 12.0. The van der Waals surface area contributed by atoms with Crippen molar-refractivity contribution in [1.29, 1.82) is 0 Å². The fourth-order valence-corrected chi connectivity index (χ4v) is 1.22. The third-order valence-corrected chi connectivity index (χ3v) is 2.14. The van der Waals surface area contributed by atoms with E-state index in [1.165, 1.54) is 6.20 Å². The quantitative estimate of drug-likeness (QED) is 0.567. The molecule has 0 aliphatic rings. The van der Waals surface area contributed by atoms with Crippen molar-refractivity contribution in [2.45, 2.75) is 25.9 Å². The lowest BCUT2D eigenvalue weighted by Crippen LogP contribution is -2.35. The molecule has 4 N–H and O–H groups in total. The summed E-state index contributed by atoms with van der Waals surface area (Å²) in [5, 5.41) is 1.73. The number of amides is 1. The van der Waals surface area contributed by atoms with Gasteiger partial charge in [0.1, 0.15) is 12.4 Å². The minimum Gasteiger partial charge on any atom is -0.342 e. The van der Waals surface area contributed by atoms with Crippen LogP contribution in [0.2, 0.25) is 0 Å². The van der Waals surface area contributed by atoms with Gasteiger partial charge in [-0.2, -0.15) is 13.2 Å². The number of carbonyl (C=O) groups is 1. The molecule has 106 valence electrons. The zero-order valence-electron chi connectivity index (χ0n) is 10.4. The summed E-state index contributed by atoms with van der Waals surface area (Å²) < 4.78 is 36.1. The highest BCUT2D eigenvalue weighted by Crippen LogP contribution is 2.16. The number of aromatic nitrogens is 2. The number of hydrogen-bond acceptors (Lipinski definition) is 5. The van der Waals surface area contributed by atoms with Crippen molar-refractivity contribution in [1.82, 2.24) is 15.3 Å². The maximum Gasteiger partial charge on any atom is 0.405 e. The Bertz CT molecular complexity index is 461. The molecule has 0 fully saturated rings. The van der Waals surface area contributed by atoms with E-state index < -0.39 is 18.6 Å². The zero-order chi connectivity index (χ0) is 14.6. The van der Waals surface area contributed by atoms with Gasteiger partial charge in [0.2, 0.25) is 0 Å². The van der Waals surface area contributed by atoms with Crippen LogP contribution in [-0.2, 0) is 0 Å². The molecule has 6 nitrogen and oxygen atoms in total. The summed E-state index contributed by atoms with van der Waals surface area (Å²) in [6, 6.07) is 0. The molecule has 1 aromatic heterocycles. The van der Waals surface area contributed by atoms with Gasteiger partial charge in [0.15, 0.2) is 5.69 Å². The summed E-state index contributed by atoms with van der Waals surface area (Å²) in [5.74, 6) is 4.48. The first-order valence-electron chi connectivity index (χ1n) is 5.43. The van der Waals surface area contributed by atoms with Crippen molar-refractivity contribution in [2.24, 2.45) is 5.84 Å². The van der Waals surface area contributed by atoms with E-state index in [-0.39, 0.29) is 17.3 Å². The average molecular weight is 277 g/mol. The summed E-state index contributed by atoms with van der Waals surface area (Å²) in [7, 11) is 0. The van der Waals surface area contributed by atoms with Crippen LogP contribution in [0.4, 0.5) is 18.9 Å². The summed E-state index contributed by atoms with van der Waals surface area (Å²) in [6.45, 7) is 2.15. The van der Waals surface area contributed by atoms with Gasteiger partial charge in [0.05, 0.1) is 11.9 Å². The van der Waals surface area contributed by atoms with Gasteiger partial charge in [0.25, 0.3) is 5.91 Å². The van der Waals surface area contributed by atoms with E-state index in [2.05, 4.69) is 15.4 Å². The van der Waals surface area contributed by atoms with Crippen LogP contribution < -0.4 is 16.6 Å². The molecule has 1 heterocycles. The molecule has 9 heteroatoms. The molecule has 0 bridgehead atoms. The smallest absolute Gasteiger partial charge is 0.342 e. The van der Waals surface area contributed by atoms with E-state index >= 15 is 0 Å². The van der Waals surface area contributed by atoms with Gasteiger partial charge in [-0.15, -0.1) is 0 Å². The molecule has 0 aliphatic carbocycles. The zero-order valence-corrected chi connectivity index (χ0v) is 10.4. The Hall–Kier alpha value is -1.90. The minimum atomic E-state index is -4.49. The number of alkyl halides is 3. The molecule has 1 aromatic rings. The largest absolute Gasteiger partial charge is 0.405 e. The van der Waals surface area contributed by atoms with Gasteiger partial charge >= 0.3 is 6.18 Å². The molecular formula is C10H14F3N5O. The molecular weight excluding hydrogens is 263 g/mol. The number of anilines is 1. The van der Waals surface area contributed by atoms with Crippen LogP contribution >= 0.6 is 0 Å². The second-order valence-electron chi connectivity index (χ2n) is 4.09. The van der Waals surface area contributed by atoms with Gasteiger partial charge in [-0.1, -0.05) is 13.8 Å². The highest BCUT2D eigenvalue weighted by molar-refractivity contribution is 5.97. The van der Waals surface area contributed by atoms with Gasteiger partial charge < -0.3 is 10.7 Å². The van der Waals surface area contributed by atoms with Crippen molar-refractivity contribution < 1.29 is 18.0 Å². The number of rotatable bonds is 4. The normalized spacial score (nSPS) is 11.5. The molecule has 0 saturated carbocycles. The number of carbonyl (C=O) groups excluding carboxylic acids is 1. The van der Waals surface area contributed by atoms with Crippen LogP contribution in [0.5, 0.6) is 0 Å². The van der Waals surface area contributed by atoms with Gasteiger partial charge in [-0.3, -0.25) is 10.6 Å². The van der Waals surface area contributed by atoms with Crippen molar-refractivity contribution >= 4 is 11.6 Å². The molecule has 0 aliphatic heterocycles. The van der Waals surface area contributed by atoms with E-state index in [0.29, 0.717) is 5.82 Å². The first kappa shape index (κ1) is 15.2. The lowest BCUT2D eigenvalue weighted by molar-refractivity contribution is -0.123. The molecule has 0 atom stereocenters. The van der Waals surface area contributed by atoms with Crippen LogP contribution in [0.15, 0.2) is 6.20 Å². The van der Waals surface area contributed by atoms with E-state index in [9.17, 15) is 18.0 Å². The number of nitrogens with one attached hydrogen (secondary N) is 2. The van der Waals surface area contributed by atoms with Crippen LogP contribution in [0, 0.1) is 0 Å². The Morgan fingerprint density at radius 2 is 2.11 bits per heavy atom. The Balaban J connectivity index is 2.96. The Labute approximate surface area is 107 Å². The molecule has 0 saturated heterocycles. The number of nitrogens with two attached hydrogens (primary N) is 1. The van der Waals surface area contributed by atoms with Gasteiger partial charge in [-0.05, 0) is 0 Å². The van der Waals surface area contributed by atoms with Crippen LogP contribution in [0.25, 0.3) is 0 Å². The maximum absolute atomic E-state index is 12.0. The van der Waals surface area contributed by atoms with E-state index in [1.807, 2.05) is 0 Å².